The number of nitrogens with one attached hydrogen (secondary N) is 2. The summed E-state index contributed by atoms with van der Waals surface area (Å²) in [5, 5.41) is 0. The van der Waals surface area contributed by atoms with E-state index in [9.17, 15) is 14.4 Å². The van der Waals surface area contributed by atoms with Crippen LogP contribution < -0.4 is 11.2 Å². The summed E-state index contributed by atoms with van der Waals surface area (Å²) < 4.78 is 0. The zero-order valence-corrected chi connectivity index (χ0v) is 16.1. The van der Waals surface area contributed by atoms with Gasteiger partial charge >= 0.3 is 5.69 Å². The predicted molar refractivity (Wildman–Crippen MR) is 112 cm³/mol. The van der Waals surface area contributed by atoms with Crippen molar-refractivity contribution in [1.82, 2.24) is 14.9 Å². The first-order chi connectivity index (χ1) is 14.1. The first-order valence-corrected chi connectivity index (χ1v) is 9.83. The van der Waals surface area contributed by atoms with E-state index in [1.54, 1.807) is 0 Å². The fourth-order valence-electron chi connectivity index (χ4n) is 3.95. The van der Waals surface area contributed by atoms with Crippen LogP contribution in [0.25, 0.3) is 11.1 Å². The molecule has 1 atom stereocenters. The van der Waals surface area contributed by atoms with E-state index in [0.29, 0.717) is 18.8 Å². The Morgan fingerprint density at radius 1 is 0.966 bits per heavy atom. The Balaban J connectivity index is 1.44. The molecule has 1 fully saturated rings. The van der Waals surface area contributed by atoms with Crippen molar-refractivity contribution in [2.24, 2.45) is 5.92 Å². The monoisotopic (exact) mass is 389 g/mol. The molecule has 1 aliphatic heterocycles. The lowest BCUT2D eigenvalue weighted by Crippen LogP contribution is -2.39. The van der Waals surface area contributed by atoms with Crippen molar-refractivity contribution in [2.75, 3.05) is 13.1 Å². The molecule has 0 bridgehead atoms. The molecule has 2 aromatic carbocycles. The summed E-state index contributed by atoms with van der Waals surface area (Å²) >= 11 is 0. The zero-order chi connectivity index (χ0) is 20.2. The number of likely N-dealkylation sites (tertiary alicyclic amines) is 1. The van der Waals surface area contributed by atoms with E-state index >= 15 is 0 Å². The van der Waals surface area contributed by atoms with Crippen molar-refractivity contribution in [2.45, 2.75) is 19.4 Å². The Labute approximate surface area is 168 Å². The van der Waals surface area contributed by atoms with Gasteiger partial charge < -0.3 is 4.98 Å². The number of H-pyrrole nitrogens is 2. The molecule has 3 aromatic rings. The van der Waals surface area contributed by atoms with Crippen LogP contribution in [0.15, 0.2) is 70.3 Å². The Morgan fingerprint density at radius 3 is 2.41 bits per heavy atom. The van der Waals surface area contributed by atoms with Crippen LogP contribution in [0.5, 0.6) is 0 Å². The average Bonchev–Trinajstić information content (AvgIpc) is 2.73. The molecule has 6 nitrogen and oxygen atoms in total. The lowest BCUT2D eigenvalue weighted by molar-refractivity contribution is 0.0810. The number of aromatic amines is 2. The number of piperidine rings is 1. The van der Waals surface area contributed by atoms with Crippen molar-refractivity contribution in [3.05, 3.63) is 92.8 Å². The lowest BCUT2D eigenvalue weighted by Gasteiger charge is -2.31. The highest BCUT2D eigenvalue weighted by Crippen LogP contribution is 2.24. The van der Waals surface area contributed by atoms with Crippen molar-refractivity contribution in [3.8, 4) is 11.1 Å². The van der Waals surface area contributed by atoms with Crippen molar-refractivity contribution in [3.63, 3.8) is 0 Å². The quantitative estimate of drug-likeness (QED) is 0.657. The molecule has 6 heteroatoms. The Kier molecular flexibility index (Phi) is 5.53. The molecule has 1 aliphatic rings. The number of hydrogen-bond acceptors (Lipinski definition) is 4. The van der Waals surface area contributed by atoms with Gasteiger partial charge in [0.05, 0.1) is 0 Å². The van der Waals surface area contributed by atoms with Gasteiger partial charge in [-0.1, -0.05) is 54.6 Å². The van der Waals surface area contributed by atoms with Gasteiger partial charge in [-0.3, -0.25) is 19.5 Å². The van der Waals surface area contributed by atoms with Crippen LogP contribution in [0.2, 0.25) is 0 Å². The third kappa shape index (κ3) is 4.60. The van der Waals surface area contributed by atoms with E-state index in [4.69, 9.17) is 0 Å². The second-order valence-electron chi connectivity index (χ2n) is 7.49. The molecule has 1 saturated heterocycles. The van der Waals surface area contributed by atoms with Crippen LogP contribution in [0, 0.1) is 5.92 Å². The molecular formula is C23H23N3O3. The molecule has 148 valence electrons. The summed E-state index contributed by atoms with van der Waals surface area (Å²) in [5.41, 5.74) is 2.59. The van der Waals surface area contributed by atoms with E-state index < -0.39 is 11.2 Å². The second-order valence-corrected chi connectivity index (χ2v) is 7.49. The highest BCUT2D eigenvalue weighted by molar-refractivity contribution is 5.98. The summed E-state index contributed by atoms with van der Waals surface area (Å²) in [4.78, 5) is 42.9. The highest BCUT2D eigenvalue weighted by atomic mass is 16.2. The van der Waals surface area contributed by atoms with Crippen molar-refractivity contribution < 1.29 is 4.79 Å². The normalized spacial score (nSPS) is 17.2. The van der Waals surface area contributed by atoms with E-state index in [2.05, 4.69) is 27.0 Å². The largest absolute Gasteiger partial charge is 0.325 e. The summed E-state index contributed by atoms with van der Waals surface area (Å²) in [6.45, 7) is 1.91. The summed E-state index contributed by atoms with van der Waals surface area (Å²) in [5.74, 6) is 0.0637. The van der Waals surface area contributed by atoms with E-state index in [-0.39, 0.29) is 11.7 Å². The minimum absolute atomic E-state index is 0.0833. The summed E-state index contributed by atoms with van der Waals surface area (Å²) in [6.07, 6.45) is 1.76. The lowest BCUT2D eigenvalue weighted by atomic mass is 9.89. The van der Waals surface area contributed by atoms with Gasteiger partial charge in [0.2, 0.25) is 0 Å². The molecule has 2 heterocycles. The van der Waals surface area contributed by atoms with Crippen LogP contribution in [-0.2, 0) is 6.54 Å². The number of ketones is 1. The number of nitrogens with zero attached hydrogens (tertiary/aromatic N) is 1. The number of carbonyl (C=O) groups excluding carboxylic acids is 1. The molecule has 4 rings (SSSR count). The van der Waals surface area contributed by atoms with Gasteiger partial charge in [0.15, 0.2) is 5.78 Å². The minimum atomic E-state index is -0.504. The molecule has 29 heavy (non-hydrogen) atoms. The van der Waals surface area contributed by atoms with Crippen LogP contribution in [0.1, 0.15) is 28.9 Å². The zero-order valence-electron chi connectivity index (χ0n) is 16.1. The molecule has 1 unspecified atom stereocenters. The molecule has 1 aromatic heterocycles. The van der Waals surface area contributed by atoms with Gasteiger partial charge in [0.1, 0.15) is 0 Å². The van der Waals surface area contributed by atoms with Crippen LogP contribution in [-0.4, -0.2) is 33.7 Å². The first-order valence-electron chi connectivity index (χ1n) is 9.83. The molecule has 0 aliphatic carbocycles. The maximum absolute atomic E-state index is 13.0. The van der Waals surface area contributed by atoms with Crippen molar-refractivity contribution in [1.29, 1.82) is 0 Å². The van der Waals surface area contributed by atoms with Gasteiger partial charge in [-0.25, -0.2) is 4.79 Å². The Bertz CT molecular complexity index is 1070. The van der Waals surface area contributed by atoms with Gasteiger partial charge in [0, 0.05) is 36.3 Å². The third-order valence-corrected chi connectivity index (χ3v) is 5.36. The van der Waals surface area contributed by atoms with Gasteiger partial charge in [-0.05, 0) is 30.5 Å². The SMILES string of the molecule is O=C(c1ccc(-c2ccccc2)cc1)C1CCCN(Cc2cc(=O)[nH]c(=O)[nH]2)C1. The molecule has 0 radical (unpaired) electrons. The molecule has 2 N–H and O–H groups in total. The van der Waals surface area contributed by atoms with E-state index in [1.807, 2.05) is 42.5 Å². The first kappa shape index (κ1) is 19.1. The van der Waals surface area contributed by atoms with Crippen LogP contribution >= 0.6 is 0 Å². The second kappa shape index (κ2) is 8.41. The Morgan fingerprint density at radius 2 is 1.69 bits per heavy atom. The summed E-state index contributed by atoms with van der Waals surface area (Å²) in [7, 11) is 0. The van der Waals surface area contributed by atoms with E-state index in [1.165, 1.54) is 6.07 Å². The molecule has 0 spiro atoms. The minimum Gasteiger partial charge on any atom is -0.310 e. The molecular weight excluding hydrogens is 366 g/mol. The smallest absolute Gasteiger partial charge is 0.310 e. The topological polar surface area (TPSA) is 86.0 Å². The number of hydrogen-bond donors (Lipinski definition) is 2. The molecule has 0 amide bonds. The molecule has 0 saturated carbocycles. The highest BCUT2D eigenvalue weighted by Gasteiger charge is 2.26. The predicted octanol–water partition coefficient (Wildman–Crippen LogP) is 2.83. The number of rotatable bonds is 5. The van der Waals surface area contributed by atoms with Crippen molar-refractivity contribution >= 4 is 5.78 Å². The Hall–Kier alpha value is -3.25. The standard InChI is InChI=1S/C23H23N3O3/c27-21-13-20(24-23(29)25-21)15-26-12-4-7-19(14-26)22(28)18-10-8-17(9-11-18)16-5-2-1-3-6-16/h1-3,5-6,8-11,13,19H,4,7,12,14-15H2,(H2,24,25,27,29). The maximum Gasteiger partial charge on any atom is 0.325 e. The average molecular weight is 389 g/mol. The van der Waals surface area contributed by atoms with Crippen LogP contribution in [0.3, 0.4) is 0 Å². The maximum atomic E-state index is 13.0. The van der Waals surface area contributed by atoms with Gasteiger partial charge in [-0.15, -0.1) is 0 Å². The van der Waals surface area contributed by atoms with Gasteiger partial charge in [0.25, 0.3) is 5.56 Å². The fraction of sp³-hybridized carbons (Fsp3) is 0.261. The fourth-order valence-corrected chi connectivity index (χ4v) is 3.95. The van der Waals surface area contributed by atoms with Crippen LogP contribution in [0.4, 0.5) is 0 Å². The number of benzene rings is 2. The van der Waals surface area contributed by atoms with Gasteiger partial charge in [-0.2, -0.15) is 0 Å². The summed E-state index contributed by atoms with van der Waals surface area (Å²) in [6, 6.07) is 19.3. The van der Waals surface area contributed by atoms with E-state index in [0.717, 1.165) is 36.1 Å². The number of aromatic nitrogens is 2. The number of Topliss-reactive ketones (excluding diaryl/α,β-unsaturated/α-hetero) is 1. The number of carbonyl (C=O) groups is 1. The third-order valence-electron chi connectivity index (χ3n) is 5.36.